The highest BCUT2D eigenvalue weighted by molar-refractivity contribution is 4.72. The summed E-state index contributed by atoms with van der Waals surface area (Å²) in [6, 6.07) is 0. The van der Waals surface area contributed by atoms with Crippen molar-refractivity contribution in [1.29, 1.82) is 0 Å². The molecule has 0 aromatic rings. The Kier molecular flexibility index (Phi) is 5.64. The average molecular weight is 203 g/mol. The molecule has 0 aromatic heterocycles. The molecule has 3 nitrogen and oxygen atoms in total. The maximum atomic E-state index is 9.68. The van der Waals surface area contributed by atoms with Crippen molar-refractivity contribution in [3.05, 3.63) is 0 Å². The Hall–Kier alpha value is -0.120. The fourth-order valence-electron chi connectivity index (χ4n) is 0.912. The van der Waals surface area contributed by atoms with Crippen molar-refractivity contribution in [3.8, 4) is 0 Å². The number of ether oxygens (including phenoxy) is 1. The normalized spacial score (nSPS) is 16.7. The molecule has 1 atom stereocenters. The van der Waals surface area contributed by atoms with Gasteiger partial charge in [-0.1, -0.05) is 6.92 Å². The summed E-state index contributed by atoms with van der Waals surface area (Å²) in [6.07, 6.45) is 0.764. The fraction of sp³-hybridized carbons (Fsp3) is 1.00. The van der Waals surface area contributed by atoms with Gasteiger partial charge < -0.3 is 15.2 Å². The lowest BCUT2D eigenvalue weighted by molar-refractivity contribution is -0.00411. The lowest BCUT2D eigenvalue weighted by Gasteiger charge is -2.23. The number of aliphatic hydroxyl groups is 1. The largest absolute Gasteiger partial charge is 0.389 e. The number of hydrogen-bond acceptors (Lipinski definition) is 3. The monoisotopic (exact) mass is 203 g/mol. The molecule has 0 amide bonds. The molecule has 1 unspecified atom stereocenters. The van der Waals surface area contributed by atoms with Crippen LogP contribution in [0, 0.1) is 0 Å². The highest BCUT2D eigenvalue weighted by Gasteiger charge is 2.16. The average Bonchev–Trinajstić information content (AvgIpc) is 2.01. The van der Waals surface area contributed by atoms with Gasteiger partial charge in [0.25, 0.3) is 0 Å². The quantitative estimate of drug-likeness (QED) is 0.644. The molecule has 0 radical (unpaired) electrons. The van der Waals surface area contributed by atoms with Crippen LogP contribution in [0.25, 0.3) is 0 Å². The molecule has 2 N–H and O–H groups in total. The van der Waals surface area contributed by atoms with Crippen LogP contribution in [-0.2, 0) is 4.74 Å². The first-order valence-corrected chi connectivity index (χ1v) is 5.34. The summed E-state index contributed by atoms with van der Waals surface area (Å²) in [6.45, 7) is 12.0. The molecule has 0 rings (SSSR count). The van der Waals surface area contributed by atoms with Crippen molar-refractivity contribution >= 4 is 0 Å². The summed E-state index contributed by atoms with van der Waals surface area (Å²) in [7, 11) is 0. The topological polar surface area (TPSA) is 41.5 Å². The Bertz CT molecular complexity index is 150. The highest BCUT2D eigenvalue weighted by atomic mass is 16.5. The molecule has 3 heteroatoms. The molecule has 0 aliphatic heterocycles. The zero-order valence-corrected chi connectivity index (χ0v) is 10.2. The third-order valence-corrected chi connectivity index (χ3v) is 2.08. The second-order valence-electron chi connectivity index (χ2n) is 4.99. The van der Waals surface area contributed by atoms with Crippen LogP contribution in [0.2, 0.25) is 0 Å². The zero-order chi connectivity index (χ0) is 11.2. The molecule has 86 valence electrons. The van der Waals surface area contributed by atoms with Gasteiger partial charge in [0.1, 0.15) is 0 Å². The van der Waals surface area contributed by atoms with Crippen LogP contribution in [0.5, 0.6) is 0 Å². The summed E-state index contributed by atoms with van der Waals surface area (Å²) < 4.78 is 5.53. The molecule has 0 heterocycles. The summed E-state index contributed by atoms with van der Waals surface area (Å²) in [4.78, 5) is 0. The van der Waals surface area contributed by atoms with E-state index in [0.29, 0.717) is 13.2 Å². The number of nitrogens with one attached hydrogen (secondary N) is 1. The standard InChI is InChI=1S/C11H25NO2/c1-6-11(5,13)9-12-7-8-14-10(2,3)4/h12-13H,6-9H2,1-5H3. The minimum absolute atomic E-state index is 0.0745. The molecule has 0 spiro atoms. The van der Waals surface area contributed by atoms with Crippen molar-refractivity contribution in [2.45, 2.75) is 52.2 Å². The van der Waals surface area contributed by atoms with E-state index < -0.39 is 5.60 Å². The minimum atomic E-state index is -0.596. The molecular weight excluding hydrogens is 178 g/mol. The van der Waals surface area contributed by atoms with E-state index in [1.807, 2.05) is 34.6 Å². The molecule has 0 aromatic carbocycles. The van der Waals surface area contributed by atoms with Gasteiger partial charge in [-0.05, 0) is 34.1 Å². The maximum absolute atomic E-state index is 9.68. The van der Waals surface area contributed by atoms with Crippen molar-refractivity contribution in [3.63, 3.8) is 0 Å². The van der Waals surface area contributed by atoms with Gasteiger partial charge in [0.15, 0.2) is 0 Å². The second kappa shape index (κ2) is 5.69. The third-order valence-electron chi connectivity index (χ3n) is 2.08. The van der Waals surface area contributed by atoms with Gasteiger partial charge in [-0.15, -0.1) is 0 Å². The van der Waals surface area contributed by atoms with Crippen LogP contribution in [0.4, 0.5) is 0 Å². The molecule has 0 saturated heterocycles. The SMILES string of the molecule is CCC(C)(O)CNCCOC(C)(C)C. The summed E-state index contributed by atoms with van der Waals surface area (Å²) >= 11 is 0. The van der Waals surface area contributed by atoms with Gasteiger partial charge in [0, 0.05) is 13.1 Å². The predicted octanol–water partition coefficient (Wildman–Crippen LogP) is 1.55. The highest BCUT2D eigenvalue weighted by Crippen LogP contribution is 2.07. The maximum Gasteiger partial charge on any atom is 0.0741 e. The van der Waals surface area contributed by atoms with Gasteiger partial charge in [-0.25, -0.2) is 0 Å². The fourth-order valence-corrected chi connectivity index (χ4v) is 0.912. The van der Waals surface area contributed by atoms with E-state index >= 15 is 0 Å². The molecule has 0 aliphatic carbocycles. The Morgan fingerprint density at radius 2 is 1.79 bits per heavy atom. The van der Waals surface area contributed by atoms with Crippen LogP contribution < -0.4 is 5.32 Å². The smallest absolute Gasteiger partial charge is 0.0741 e. The van der Waals surface area contributed by atoms with E-state index in [0.717, 1.165) is 13.0 Å². The van der Waals surface area contributed by atoms with E-state index in [1.54, 1.807) is 0 Å². The Balaban J connectivity index is 3.39. The van der Waals surface area contributed by atoms with E-state index in [1.165, 1.54) is 0 Å². The van der Waals surface area contributed by atoms with Gasteiger partial charge >= 0.3 is 0 Å². The van der Waals surface area contributed by atoms with E-state index in [4.69, 9.17) is 4.74 Å². The first kappa shape index (κ1) is 13.9. The Morgan fingerprint density at radius 3 is 2.21 bits per heavy atom. The lowest BCUT2D eigenvalue weighted by atomic mass is 10.0. The van der Waals surface area contributed by atoms with E-state index in [2.05, 4.69) is 5.32 Å². The predicted molar refractivity (Wildman–Crippen MR) is 59.5 cm³/mol. The van der Waals surface area contributed by atoms with Crippen molar-refractivity contribution in [2.75, 3.05) is 19.7 Å². The lowest BCUT2D eigenvalue weighted by Crippen LogP contribution is -2.39. The third kappa shape index (κ3) is 8.48. The van der Waals surface area contributed by atoms with Crippen LogP contribution in [-0.4, -0.2) is 36.0 Å². The van der Waals surface area contributed by atoms with Gasteiger partial charge in [0.05, 0.1) is 17.8 Å². The van der Waals surface area contributed by atoms with Crippen molar-refractivity contribution in [1.82, 2.24) is 5.32 Å². The first-order chi connectivity index (χ1) is 6.27. The van der Waals surface area contributed by atoms with E-state index in [9.17, 15) is 5.11 Å². The van der Waals surface area contributed by atoms with Crippen molar-refractivity contribution < 1.29 is 9.84 Å². The summed E-state index contributed by atoms with van der Waals surface area (Å²) in [5.41, 5.74) is -0.670. The summed E-state index contributed by atoms with van der Waals surface area (Å²) in [5, 5.41) is 12.9. The van der Waals surface area contributed by atoms with Gasteiger partial charge in [0.2, 0.25) is 0 Å². The van der Waals surface area contributed by atoms with Gasteiger partial charge in [-0.3, -0.25) is 0 Å². The summed E-state index contributed by atoms with van der Waals surface area (Å²) in [5.74, 6) is 0. The zero-order valence-electron chi connectivity index (χ0n) is 10.2. The molecule has 14 heavy (non-hydrogen) atoms. The Labute approximate surface area is 87.8 Å². The molecule has 0 fully saturated rings. The number of hydrogen-bond donors (Lipinski definition) is 2. The van der Waals surface area contributed by atoms with Crippen molar-refractivity contribution in [2.24, 2.45) is 0 Å². The second-order valence-corrected chi connectivity index (χ2v) is 4.99. The molecular formula is C11H25NO2. The van der Waals surface area contributed by atoms with Crippen LogP contribution in [0.1, 0.15) is 41.0 Å². The molecule has 0 bridgehead atoms. The Morgan fingerprint density at radius 1 is 1.21 bits per heavy atom. The van der Waals surface area contributed by atoms with Crippen LogP contribution in [0.15, 0.2) is 0 Å². The first-order valence-electron chi connectivity index (χ1n) is 5.34. The van der Waals surface area contributed by atoms with Gasteiger partial charge in [-0.2, -0.15) is 0 Å². The van der Waals surface area contributed by atoms with Crippen LogP contribution in [0.3, 0.4) is 0 Å². The van der Waals surface area contributed by atoms with Crippen LogP contribution >= 0.6 is 0 Å². The number of rotatable bonds is 6. The minimum Gasteiger partial charge on any atom is -0.389 e. The molecule has 0 aliphatic rings. The van der Waals surface area contributed by atoms with E-state index in [-0.39, 0.29) is 5.60 Å². The molecule has 0 saturated carbocycles.